The molecule has 0 saturated heterocycles. The van der Waals surface area contributed by atoms with Crippen molar-refractivity contribution < 1.29 is 0 Å². The summed E-state index contributed by atoms with van der Waals surface area (Å²) < 4.78 is 0. The van der Waals surface area contributed by atoms with Gasteiger partial charge in [-0.2, -0.15) is 0 Å². The SMILES string of the molecule is C=CCCC1CC(CC)CCC1CNC(C)C. The first-order chi connectivity index (χ1) is 8.17. The first kappa shape index (κ1) is 14.8. The fraction of sp³-hybridized carbons (Fsp3) is 0.875. The smallest absolute Gasteiger partial charge is 0.00104 e. The number of hydrogen-bond acceptors (Lipinski definition) is 1. The van der Waals surface area contributed by atoms with Crippen LogP contribution in [-0.2, 0) is 0 Å². The summed E-state index contributed by atoms with van der Waals surface area (Å²) in [5.41, 5.74) is 0. The van der Waals surface area contributed by atoms with Crippen LogP contribution < -0.4 is 5.32 Å². The van der Waals surface area contributed by atoms with Crippen molar-refractivity contribution in [3.05, 3.63) is 12.7 Å². The van der Waals surface area contributed by atoms with Crippen LogP contribution in [0, 0.1) is 17.8 Å². The van der Waals surface area contributed by atoms with Crippen LogP contribution >= 0.6 is 0 Å². The quantitative estimate of drug-likeness (QED) is 0.647. The van der Waals surface area contributed by atoms with E-state index in [1.54, 1.807) is 0 Å². The zero-order chi connectivity index (χ0) is 12.7. The lowest BCUT2D eigenvalue weighted by atomic mass is 9.71. The van der Waals surface area contributed by atoms with Crippen molar-refractivity contribution >= 4 is 0 Å². The summed E-state index contributed by atoms with van der Waals surface area (Å²) in [6.45, 7) is 11.9. The predicted molar refractivity (Wildman–Crippen MR) is 77.2 cm³/mol. The van der Waals surface area contributed by atoms with Gasteiger partial charge in [-0.1, -0.05) is 39.7 Å². The van der Waals surface area contributed by atoms with Crippen molar-refractivity contribution in [3.8, 4) is 0 Å². The van der Waals surface area contributed by atoms with Gasteiger partial charge in [0.25, 0.3) is 0 Å². The lowest BCUT2D eigenvalue weighted by Crippen LogP contribution is -2.35. The summed E-state index contributed by atoms with van der Waals surface area (Å²) in [6.07, 6.45) is 10.3. The van der Waals surface area contributed by atoms with Crippen LogP contribution in [0.15, 0.2) is 12.7 Å². The molecular formula is C16H31N. The van der Waals surface area contributed by atoms with E-state index in [9.17, 15) is 0 Å². The Hall–Kier alpha value is -0.300. The minimum Gasteiger partial charge on any atom is -0.314 e. The second-order valence-electron chi connectivity index (χ2n) is 6.04. The Morgan fingerprint density at radius 2 is 2.06 bits per heavy atom. The minimum absolute atomic E-state index is 0.624. The molecule has 0 spiro atoms. The van der Waals surface area contributed by atoms with E-state index in [1.807, 2.05) is 0 Å². The zero-order valence-corrected chi connectivity index (χ0v) is 12.0. The fourth-order valence-corrected chi connectivity index (χ4v) is 3.14. The highest BCUT2D eigenvalue weighted by molar-refractivity contribution is 4.83. The average molecular weight is 237 g/mol. The molecule has 3 atom stereocenters. The monoisotopic (exact) mass is 237 g/mol. The lowest BCUT2D eigenvalue weighted by molar-refractivity contribution is 0.162. The zero-order valence-electron chi connectivity index (χ0n) is 12.0. The fourth-order valence-electron chi connectivity index (χ4n) is 3.14. The molecule has 100 valence electrons. The number of rotatable bonds is 7. The molecule has 1 saturated carbocycles. The maximum absolute atomic E-state index is 3.87. The van der Waals surface area contributed by atoms with E-state index in [1.165, 1.54) is 45.1 Å². The molecule has 3 unspecified atom stereocenters. The standard InChI is InChI=1S/C16H31N/c1-5-7-8-15-11-14(6-2)9-10-16(15)12-17-13(3)4/h5,13-17H,1,6-12H2,2-4H3. The topological polar surface area (TPSA) is 12.0 Å². The lowest BCUT2D eigenvalue weighted by Gasteiger charge is -2.36. The van der Waals surface area contributed by atoms with E-state index in [-0.39, 0.29) is 0 Å². The molecule has 1 N–H and O–H groups in total. The highest BCUT2D eigenvalue weighted by Gasteiger charge is 2.28. The van der Waals surface area contributed by atoms with Gasteiger partial charge < -0.3 is 5.32 Å². The van der Waals surface area contributed by atoms with E-state index in [0.717, 1.165) is 17.8 Å². The molecule has 1 heteroatoms. The van der Waals surface area contributed by atoms with Gasteiger partial charge in [-0.25, -0.2) is 0 Å². The Morgan fingerprint density at radius 3 is 2.65 bits per heavy atom. The van der Waals surface area contributed by atoms with Crippen molar-refractivity contribution in [2.45, 2.75) is 65.3 Å². The Balaban J connectivity index is 2.44. The maximum Gasteiger partial charge on any atom is 0.00104 e. The first-order valence-electron chi connectivity index (χ1n) is 7.51. The second kappa shape index (κ2) is 7.92. The van der Waals surface area contributed by atoms with E-state index >= 15 is 0 Å². The molecule has 1 fully saturated rings. The van der Waals surface area contributed by atoms with Crippen molar-refractivity contribution in [1.82, 2.24) is 5.32 Å². The summed E-state index contributed by atoms with van der Waals surface area (Å²) in [5.74, 6) is 2.82. The van der Waals surface area contributed by atoms with Gasteiger partial charge in [-0.05, 0) is 50.0 Å². The van der Waals surface area contributed by atoms with Crippen molar-refractivity contribution in [1.29, 1.82) is 0 Å². The number of hydrogen-bond donors (Lipinski definition) is 1. The van der Waals surface area contributed by atoms with E-state index in [0.29, 0.717) is 6.04 Å². The normalized spacial score (nSPS) is 29.5. The van der Waals surface area contributed by atoms with Gasteiger partial charge in [-0.3, -0.25) is 0 Å². The summed E-state index contributed by atoms with van der Waals surface area (Å²) in [7, 11) is 0. The molecule has 17 heavy (non-hydrogen) atoms. The second-order valence-corrected chi connectivity index (χ2v) is 6.04. The van der Waals surface area contributed by atoms with E-state index in [2.05, 4.69) is 38.7 Å². The predicted octanol–water partition coefficient (Wildman–Crippen LogP) is 4.39. The van der Waals surface area contributed by atoms with Crippen LogP contribution in [0.5, 0.6) is 0 Å². The van der Waals surface area contributed by atoms with Crippen LogP contribution in [0.25, 0.3) is 0 Å². The molecule has 0 aromatic heterocycles. The van der Waals surface area contributed by atoms with Crippen molar-refractivity contribution in [2.75, 3.05) is 6.54 Å². The van der Waals surface area contributed by atoms with Gasteiger partial charge in [0.05, 0.1) is 0 Å². The number of allylic oxidation sites excluding steroid dienone is 1. The van der Waals surface area contributed by atoms with Gasteiger partial charge >= 0.3 is 0 Å². The minimum atomic E-state index is 0.624. The van der Waals surface area contributed by atoms with Crippen LogP contribution in [-0.4, -0.2) is 12.6 Å². The molecule has 0 heterocycles. The van der Waals surface area contributed by atoms with Gasteiger partial charge in [0, 0.05) is 6.04 Å². The van der Waals surface area contributed by atoms with Gasteiger partial charge in [-0.15, -0.1) is 6.58 Å². The molecule has 1 nitrogen and oxygen atoms in total. The summed E-state index contributed by atoms with van der Waals surface area (Å²) in [5, 5.41) is 3.63. The van der Waals surface area contributed by atoms with Crippen LogP contribution in [0.3, 0.4) is 0 Å². The highest BCUT2D eigenvalue weighted by atomic mass is 14.9. The number of nitrogens with one attached hydrogen (secondary N) is 1. The Labute approximate surface area is 108 Å². The average Bonchev–Trinajstić information content (AvgIpc) is 2.34. The van der Waals surface area contributed by atoms with Gasteiger partial charge in [0.2, 0.25) is 0 Å². The van der Waals surface area contributed by atoms with Crippen molar-refractivity contribution in [2.24, 2.45) is 17.8 Å². The Bertz CT molecular complexity index is 210. The summed E-state index contributed by atoms with van der Waals surface area (Å²) in [6, 6.07) is 0.624. The molecule has 0 bridgehead atoms. The molecule has 0 aromatic carbocycles. The van der Waals surface area contributed by atoms with Crippen LogP contribution in [0.1, 0.15) is 59.3 Å². The van der Waals surface area contributed by atoms with Crippen molar-refractivity contribution in [3.63, 3.8) is 0 Å². The molecule has 0 amide bonds. The van der Waals surface area contributed by atoms with Gasteiger partial charge in [0.15, 0.2) is 0 Å². The largest absolute Gasteiger partial charge is 0.314 e. The molecule has 0 aliphatic heterocycles. The molecule has 1 aliphatic rings. The third kappa shape index (κ3) is 5.25. The first-order valence-corrected chi connectivity index (χ1v) is 7.51. The summed E-state index contributed by atoms with van der Waals surface area (Å²) in [4.78, 5) is 0. The summed E-state index contributed by atoms with van der Waals surface area (Å²) >= 11 is 0. The highest BCUT2D eigenvalue weighted by Crippen LogP contribution is 2.37. The third-order valence-electron chi connectivity index (χ3n) is 4.36. The molecule has 1 rings (SSSR count). The molecule has 0 radical (unpaired) electrons. The van der Waals surface area contributed by atoms with Crippen LogP contribution in [0.2, 0.25) is 0 Å². The molecular weight excluding hydrogens is 206 g/mol. The molecule has 1 aliphatic carbocycles. The maximum atomic E-state index is 3.87. The Morgan fingerprint density at radius 1 is 1.29 bits per heavy atom. The van der Waals surface area contributed by atoms with Gasteiger partial charge in [0.1, 0.15) is 0 Å². The third-order valence-corrected chi connectivity index (χ3v) is 4.36. The molecule has 0 aromatic rings. The van der Waals surface area contributed by atoms with E-state index in [4.69, 9.17) is 0 Å². The van der Waals surface area contributed by atoms with Crippen LogP contribution in [0.4, 0.5) is 0 Å². The Kier molecular flexibility index (Phi) is 6.87. The van der Waals surface area contributed by atoms with E-state index < -0.39 is 0 Å².